The molecule has 1 amide bonds. The van der Waals surface area contributed by atoms with Crippen LogP contribution >= 0.6 is 23.1 Å². The van der Waals surface area contributed by atoms with Crippen LogP contribution in [0.2, 0.25) is 0 Å². The maximum Gasteiger partial charge on any atom is 0.519 e. The van der Waals surface area contributed by atoms with Gasteiger partial charge in [-0.05, 0) is 62.3 Å². The largest absolute Gasteiger partial charge is 0.519 e. The fourth-order valence-corrected chi connectivity index (χ4v) is 2.12. The zero-order valence-electron chi connectivity index (χ0n) is 20.7. The van der Waals surface area contributed by atoms with Gasteiger partial charge in [0.05, 0.1) is 0 Å². The van der Waals surface area contributed by atoms with E-state index in [-0.39, 0.29) is 0 Å². The normalized spacial score (nSPS) is 11.0. The molecule has 3 N–H and O–H groups in total. The van der Waals surface area contributed by atoms with E-state index in [9.17, 15) is 14.4 Å². The maximum absolute atomic E-state index is 11.1. The van der Waals surface area contributed by atoms with Crippen LogP contribution in [0.25, 0.3) is 0 Å². The summed E-state index contributed by atoms with van der Waals surface area (Å²) >= 11 is 2.30. The second-order valence-electron chi connectivity index (χ2n) is 9.18. The molecule has 2 aromatic heterocycles. The fraction of sp³-hybridized carbons (Fsp3) is 0.632. The highest BCUT2D eigenvalue weighted by Crippen LogP contribution is 2.12. The second kappa shape index (κ2) is 13.6. The number of nitrogens with one attached hydrogen (secondary N) is 1. The topological polar surface area (TPSA) is 178 Å². The molecule has 0 aliphatic rings. The van der Waals surface area contributed by atoms with Gasteiger partial charge >= 0.3 is 18.4 Å². The number of carbonyl (C=O) groups excluding carboxylic acids is 3. The molecule has 0 bridgehead atoms. The van der Waals surface area contributed by atoms with Crippen LogP contribution < -0.4 is 11.1 Å². The Balaban J connectivity index is 0.000000518. The number of carbonyl (C=O) groups is 3. The fourth-order valence-electron chi connectivity index (χ4n) is 1.41. The first-order valence-corrected chi connectivity index (χ1v) is 11.3. The first-order valence-electron chi connectivity index (χ1n) is 9.79. The van der Waals surface area contributed by atoms with Crippen molar-refractivity contribution in [2.75, 3.05) is 11.1 Å². The van der Waals surface area contributed by atoms with Gasteiger partial charge in [0.15, 0.2) is 5.13 Å². The average Bonchev–Trinajstić information content (AvgIpc) is 3.24. The predicted octanol–water partition coefficient (Wildman–Crippen LogP) is 4.88. The van der Waals surface area contributed by atoms with E-state index in [4.69, 9.17) is 19.9 Å². The van der Waals surface area contributed by atoms with Gasteiger partial charge in [-0.2, -0.15) is 8.75 Å². The molecule has 0 fully saturated rings. The van der Waals surface area contributed by atoms with Crippen molar-refractivity contribution in [1.82, 2.24) is 18.7 Å². The molecule has 13 nitrogen and oxygen atoms in total. The van der Waals surface area contributed by atoms with Crippen LogP contribution in [0.15, 0.2) is 12.7 Å². The van der Waals surface area contributed by atoms with Crippen molar-refractivity contribution in [3.63, 3.8) is 0 Å². The molecule has 0 saturated carbocycles. The number of hydrogen-bond donors (Lipinski definition) is 2. The number of nitrogen functional groups attached to an aromatic ring is 1. The molecular weight excluding hydrogens is 488 g/mol. The summed E-state index contributed by atoms with van der Waals surface area (Å²) in [5.41, 5.74) is 3.24. The monoisotopic (exact) mass is 520 g/mol. The molecule has 2 aromatic rings. The van der Waals surface area contributed by atoms with E-state index >= 15 is 0 Å². The number of aromatic nitrogens is 4. The lowest BCUT2D eigenvalue weighted by Crippen LogP contribution is -2.29. The third-order valence-corrected chi connectivity index (χ3v) is 3.37. The molecule has 0 saturated heterocycles. The van der Waals surface area contributed by atoms with Crippen LogP contribution in [-0.2, 0) is 18.9 Å². The molecule has 0 radical (unpaired) electrons. The van der Waals surface area contributed by atoms with Crippen molar-refractivity contribution in [3.05, 3.63) is 12.7 Å². The van der Waals surface area contributed by atoms with Gasteiger partial charge in [0.2, 0.25) is 5.13 Å². The van der Waals surface area contributed by atoms with E-state index in [0.29, 0.717) is 10.3 Å². The Morgan fingerprint density at radius 2 is 1.21 bits per heavy atom. The molecule has 0 aliphatic carbocycles. The molecule has 0 aromatic carbocycles. The predicted molar refractivity (Wildman–Crippen MR) is 128 cm³/mol. The summed E-state index contributed by atoms with van der Waals surface area (Å²) < 4.78 is 26.2. The smallest absolute Gasteiger partial charge is 0.444 e. The number of hydrogen-bond acceptors (Lipinski definition) is 14. The molecule has 0 atom stereocenters. The Bertz CT molecular complexity index is 845. The average molecular weight is 521 g/mol. The van der Waals surface area contributed by atoms with E-state index in [1.54, 1.807) is 62.3 Å². The maximum atomic E-state index is 11.1. The molecule has 192 valence electrons. The summed E-state index contributed by atoms with van der Waals surface area (Å²) in [6, 6.07) is 0. The number of ether oxygens (including phenoxy) is 4. The zero-order chi connectivity index (χ0) is 26.6. The third-order valence-electron chi connectivity index (χ3n) is 2.29. The van der Waals surface area contributed by atoms with Gasteiger partial charge in [-0.3, -0.25) is 5.32 Å². The van der Waals surface area contributed by atoms with E-state index in [1.165, 1.54) is 24.2 Å². The molecule has 0 spiro atoms. The van der Waals surface area contributed by atoms with Crippen LogP contribution in [0.5, 0.6) is 0 Å². The second-order valence-corrected chi connectivity index (χ2v) is 10.8. The van der Waals surface area contributed by atoms with E-state index in [2.05, 4.69) is 28.8 Å². The number of rotatable bonds is 1. The number of anilines is 2. The van der Waals surface area contributed by atoms with Gasteiger partial charge in [0, 0.05) is 23.1 Å². The summed E-state index contributed by atoms with van der Waals surface area (Å²) in [7, 11) is 0. The summed E-state index contributed by atoms with van der Waals surface area (Å²) in [4.78, 5) is 40.5. The zero-order valence-corrected chi connectivity index (χ0v) is 22.3. The van der Waals surface area contributed by atoms with E-state index in [1.807, 2.05) is 0 Å². The Morgan fingerprint density at radius 1 is 0.765 bits per heavy atom. The van der Waals surface area contributed by atoms with Crippen LogP contribution in [0.1, 0.15) is 62.3 Å². The highest BCUT2D eigenvalue weighted by Gasteiger charge is 2.24. The van der Waals surface area contributed by atoms with Crippen LogP contribution in [0, 0.1) is 0 Å². The Kier molecular flexibility index (Phi) is 12.4. The van der Waals surface area contributed by atoms with Crippen molar-refractivity contribution in [3.8, 4) is 0 Å². The number of nitrogens with zero attached hydrogens (tertiary/aromatic N) is 4. The third kappa shape index (κ3) is 19.6. The highest BCUT2D eigenvalue weighted by atomic mass is 32.1. The van der Waals surface area contributed by atoms with Gasteiger partial charge in [0.25, 0.3) is 0 Å². The molecule has 2 rings (SSSR count). The Labute approximate surface area is 206 Å². The lowest BCUT2D eigenvalue weighted by atomic mass is 10.2. The van der Waals surface area contributed by atoms with Crippen molar-refractivity contribution >= 4 is 51.7 Å². The van der Waals surface area contributed by atoms with E-state index in [0.717, 1.165) is 11.5 Å². The van der Waals surface area contributed by atoms with Crippen molar-refractivity contribution in [2.24, 2.45) is 0 Å². The minimum atomic E-state index is -1.06. The molecule has 2 heterocycles. The standard InChI is InChI=1S/C10H18O5.C7H11N3O2S.C2H3N3S/c1-9(2,3)14-7(11)13-8(12)15-10(4,5)6;1-7(2,3)12-6(11)10-5-8-4-9-13-5;3-2-4-1-5-6-2/h1-6H3;4H,1-3H3,(H,8,9,10,11);1H,(H2,3,4,5). The summed E-state index contributed by atoms with van der Waals surface area (Å²) in [6.45, 7) is 15.4. The quantitative estimate of drug-likeness (QED) is 0.296. The lowest BCUT2D eigenvalue weighted by Gasteiger charge is -2.20. The highest BCUT2D eigenvalue weighted by molar-refractivity contribution is 7.09. The first kappa shape index (κ1) is 30.9. The summed E-state index contributed by atoms with van der Waals surface area (Å²) in [5, 5.41) is 3.42. The lowest BCUT2D eigenvalue weighted by molar-refractivity contribution is -0.0294. The molecule has 0 aliphatic heterocycles. The molecule has 34 heavy (non-hydrogen) atoms. The van der Waals surface area contributed by atoms with Crippen molar-refractivity contribution < 1.29 is 33.3 Å². The van der Waals surface area contributed by atoms with Crippen LogP contribution in [0.3, 0.4) is 0 Å². The summed E-state index contributed by atoms with van der Waals surface area (Å²) in [6.07, 6.45) is 0.176. The SMILES string of the molecule is CC(C)(C)OC(=O)Nc1ncns1.CC(C)(C)OC(=O)OC(=O)OC(C)(C)C.Nc1ncns1. The summed E-state index contributed by atoms with van der Waals surface area (Å²) in [5.74, 6) is 0. The van der Waals surface area contributed by atoms with E-state index < -0.39 is 35.2 Å². The molecular formula is C19H32N6O7S2. The van der Waals surface area contributed by atoms with Gasteiger partial charge in [-0.25, -0.2) is 24.4 Å². The van der Waals surface area contributed by atoms with Gasteiger partial charge < -0.3 is 24.7 Å². The first-order chi connectivity index (χ1) is 15.4. The van der Waals surface area contributed by atoms with Crippen LogP contribution in [0.4, 0.5) is 24.6 Å². The number of amides is 1. The Hall–Kier alpha value is -3.07. The van der Waals surface area contributed by atoms with Gasteiger partial charge in [0.1, 0.15) is 29.5 Å². The van der Waals surface area contributed by atoms with Crippen LogP contribution in [-0.4, -0.2) is 53.9 Å². The molecule has 0 unspecified atom stereocenters. The van der Waals surface area contributed by atoms with Crippen molar-refractivity contribution in [2.45, 2.75) is 79.1 Å². The minimum Gasteiger partial charge on any atom is -0.444 e. The molecule has 15 heteroatoms. The Morgan fingerprint density at radius 3 is 1.50 bits per heavy atom. The van der Waals surface area contributed by atoms with Gasteiger partial charge in [-0.15, -0.1) is 0 Å². The van der Waals surface area contributed by atoms with Gasteiger partial charge in [-0.1, -0.05) is 0 Å². The minimum absolute atomic E-state index is 0.439. The number of nitrogens with two attached hydrogens (primary N) is 1. The van der Waals surface area contributed by atoms with Crippen molar-refractivity contribution in [1.29, 1.82) is 0 Å².